The molecule has 0 bridgehead atoms. The molecule has 1 aliphatic heterocycles. The summed E-state index contributed by atoms with van der Waals surface area (Å²) in [4.78, 5) is 12.6. The summed E-state index contributed by atoms with van der Waals surface area (Å²) in [5, 5.41) is 2.71. The molecule has 0 aromatic heterocycles. The maximum atomic E-state index is 13.7. The van der Waals surface area contributed by atoms with E-state index in [1.54, 1.807) is 37.3 Å². The number of carbonyl (C=O) groups excluding carboxylic acids is 1. The molecule has 0 fully saturated rings. The third kappa shape index (κ3) is 3.80. The second-order valence-corrected chi connectivity index (χ2v) is 9.11. The molecule has 7 heteroatoms. The fraction of sp³-hybridized carbons (Fsp3) is 0.174. The first-order valence-electron chi connectivity index (χ1n) is 9.60. The molecule has 30 heavy (non-hydrogen) atoms. The maximum Gasteiger partial charge on any atom is 0.264 e. The molecule has 4 rings (SSSR count). The molecular formula is C23H21FN2O3S. The Bertz CT molecular complexity index is 1220. The van der Waals surface area contributed by atoms with E-state index in [-0.39, 0.29) is 22.8 Å². The van der Waals surface area contributed by atoms with E-state index in [0.717, 1.165) is 5.56 Å². The predicted molar refractivity (Wildman–Crippen MR) is 113 cm³/mol. The molecule has 0 saturated heterocycles. The summed E-state index contributed by atoms with van der Waals surface area (Å²) in [5.74, 6) is -0.754. The van der Waals surface area contributed by atoms with Crippen LogP contribution in [0.3, 0.4) is 0 Å². The Kier molecular flexibility index (Phi) is 5.30. The third-order valence-corrected chi connectivity index (χ3v) is 7.03. The van der Waals surface area contributed by atoms with E-state index in [1.807, 2.05) is 18.2 Å². The molecule has 0 unspecified atom stereocenters. The van der Waals surface area contributed by atoms with Crippen LogP contribution in [-0.2, 0) is 23.0 Å². The van der Waals surface area contributed by atoms with Crippen molar-refractivity contribution in [2.45, 2.75) is 24.8 Å². The van der Waals surface area contributed by atoms with Crippen molar-refractivity contribution in [1.82, 2.24) is 5.32 Å². The quantitative estimate of drug-likeness (QED) is 0.677. The summed E-state index contributed by atoms with van der Waals surface area (Å²) in [5.41, 5.74) is 3.06. The lowest BCUT2D eigenvalue weighted by Gasteiger charge is -2.20. The molecule has 5 nitrogen and oxygen atoms in total. The van der Waals surface area contributed by atoms with Crippen LogP contribution in [0.4, 0.5) is 10.1 Å². The molecule has 1 aliphatic rings. The van der Waals surface area contributed by atoms with E-state index >= 15 is 0 Å². The van der Waals surface area contributed by atoms with Crippen molar-refractivity contribution in [3.8, 4) is 0 Å². The van der Waals surface area contributed by atoms with Gasteiger partial charge < -0.3 is 5.32 Å². The van der Waals surface area contributed by atoms with Gasteiger partial charge in [-0.25, -0.2) is 12.8 Å². The average molecular weight is 424 g/mol. The van der Waals surface area contributed by atoms with Gasteiger partial charge in [-0.05, 0) is 60.4 Å². The number of aryl methyl sites for hydroxylation is 1. The van der Waals surface area contributed by atoms with Crippen LogP contribution in [0.2, 0.25) is 0 Å². The van der Waals surface area contributed by atoms with Gasteiger partial charge in [-0.3, -0.25) is 9.10 Å². The van der Waals surface area contributed by atoms with Crippen LogP contribution < -0.4 is 9.62 Å². The number of para-hydroxylation sites is 1. The summed E-state index contributed by atoms with van der Waals surface area (Å²) in [7, 11) is -3.78. The highest BCUT2D eigenvalue weighted by molar-refractivity contribution is 7.92. The number of fused-ring (bicyclic) bond motifs is 1. The van der Waals surface area contributed by atoms with Gasteiger partial charge in [-0.1, -0.05) is 36.4 Å². The molecule has 0 saturated carbocycles. The van der Waals surface area contributed by atoms with Gasteiger partial charge in [0.15, 0.2) is 0 Å². The van der Waals surface area contributed by atoms with Gasteiger partial charge in [-0.2, -0.15) is 0 Å². The average Bonchev–Trinajstić information content (AvgIpc) is 3.19. The Morgan fingerprint density at radius 2 is 1.87 bits per heavy atom. The summed E-state index contributed by atoms with van der Waals surface area (Å²) < 4.78 is 41.4. The van der Waals surface area contributed by atoms with E-state index in [4.69, 9.17) is 0 Å². The first kappa shape index (κ1) is 20.1. The highest BCUT2D eigenvalue weighted by Crippen LogP contribution is 2.32. The van der Waals surface area contributed by atoms with Gasteiger partial charge in [0.2, 0.25) is 0 Å². The molecule has 154 valence electrons. The summed E-state index contributed by atoms with van der Waals surface area (Å²) in [6.07, 6.45) is 0.655. The Morgan fingerprint density at radius 1 is 1.07 bits per heavy atom. The van der Waals surface area contributed by atoms with Crippen LogP contribution in [0.5, 0.6) is 0 Å². The van der Waals surface area contributed by atoms with Crippen molar-refractivity contribution in [3.05, 3.63) is 94.8 Å². The third-order valence-electron chi connectivity index (χ3n) is 5.22. The number of benzene rings is 3. The molecule has 1 amide bonds. The van der Waals surface area contributed by atoms with E-state index in [0.29, 0.717) is 29.8 Å². The van der Waals surface area contributed by atoms with Crippen LogP contribution in [0.25, 0.3) is 0 Å². The summed E-state index contributed by atoms with van der Waals surface area (Å²) in [6.45, 7) is 2.19. The van der Waals surface area contributed by atoms with Crippen molar-refractivity contribution >= 4 is 21.6 Å². The van der Waals surface area contributed by atoms with E-state index in [1.165, 1.54) is 22.5 Å². The normalized spacial score (nSPS) is 13.2. The van der Waals surface area contributed by atoms with Gasteiger partial charge in [0.25, 0.3) is 15.9 Å². The van der Waals surface area contributed by atoms with Crippen LogP contribution in [-0.4, -0.2) is 20.9 Å². The SMILES string of the molecule is Cc1ccc(CNC(=O)c2cccc(S(=O)(=O)N3CCc4ccccc43)c2)cc1F. The zero-order chi connectivity index (χ0) is 21.3. The molecule has 1 heterocycles. The molecular weight excluding hydrogens is 403 g/mol. The Balaban J connectivity index is 1.53. The largest absolute Gasteiger partial charge is 0.348 e. The molecule has 0 aliphatic carbocycles. The first-order chi connectivity index (χ1) is 14.4. The minimum atomic E-state index is -3.78. The van der Waals surface area contributed by atoms with Gasteiger partial charge in [0, 0.05) is 18.7 Å². The van der Waals surface area contributed by atoms with Gasteiger partial charge in [-0.15, -0.1) is 0 Å². The van der Waals surface area contributed by atoms with Gasteiger partial charge in [0.1, 0.15) is 5.82 Å². The van der Waals surface area contributed by atoms with Crippen molar-refractivity contribution in [2.24, 2.45) is 0 Å². The Hall–Kier alpha value is -3.19. The predicted octanol–water partition coefficient (Wildman–Crippen LogP) is 3.82. The van der Waals surface area contributed by atoms with Crippen molar-refractivity contribution < 1.29 is 17.6 Å². The van der Waals surface area contributed by atoms with Crippen LogP contribution in [0.1, 0.15) is 27.0 Å². The topological polar surface area (TPSA) is 66.5 Å². The van der Waals surface area contributed by atoms with E-state index < -0.39 is 15.9 Å². The number of nitrogens with one attached hydrogen (secondary N) is 1. The number of hydrogen-bond donors (Lipinski definition) is 1. The smallest absolute Gasteiger partial charge is 0.264 e. The van der Waals surface area contributed by atoms with Gasteiger partial charge in [0.05, 0.1) is 10.6 Å². The fourth-order valence-electron chi connectivity index (χ4n) is 3.51. The number of carbonyl (C=O) groups is 1. The van der Waals surface area contributed by atoms with E-state index in [2.05, 4.69) is 5.32 Å². The van der Waals surface area contributed by atoms with Crippen LogP contribution in [0, 0.1) is 12.7 Å². The highest BCUT2D eigenvalue weighted by Gasteiger charge is 2.30. The van der Waals surface area contributed by atoms with Crippen molar-refractivity contribution in [2.75, 3.05) is 10.8 Å². The number of hydrogen-bond acceptors (Lipinski definition) is 3. The fourth-order valence-corrected chi connectivity index (χ4v) is 5.06. The second kappa shape index (κ2) is 7.91. The molecule has 0 radical (unpaired) electrons. The number of nitrogens with zero attached hydrogens (tertiary/aromatic N) is 1. The summed E-state index contributed by atoms with van der Waals surface area (Å²) >= 11 is 0. The molecule has 3 aromatic carbocycles. The summed E-state index contributed by atoms with van der Waals surface area (Å²) in [6, 6.07) is 18.1. The lowest BCUT2D eigenvalue weighted by molar-refractivity contribution is 0.0950. The lowest BCUT2D eigenvalue weighted by Crippen LogP contribution is -2.29. The Labute approximate surface area is 175 Å². The second-order valence-electron chi connectivity index (χ2n) is 7.25. The maximum absolute atomic E-state index is 13.7. The van der Waals surface area contributed by atoms with Crippen LogP contribution in [0.15, 0.2) is 71.6 Å². The molecule has 1 N–H and O–H groups in total. The number of amides is 1. The number of anilines is 1. The molecule has 0 atom stereocenters. The standard InChI is InChI=1S/C23H21FN2O3S/c1-16-9-10-17(13-21(16)24)15-25-23(27)19-6-4-7-20(14-19)30(28,29)26-12-11-18-5-2-3-8-22(18)26/h2-10,13-14H,11-12,15H2,1H3,(H,25,27). The minimum absolute atomic E-state index is 0.0632. The molecule has 0 spiro atoms. The number of rotatable bonds is 5. The van der Waals surface area contributed by atoms with Crippen molar-refractivity contribution in [1.29, 1.82) is 0 Å². The number of halogens is 1. The first-order valence-corrected chi connectivity index (χ1v) is 11.0. The Morgan fingerprint density at radius 3 is 2.67 bits per heavy atom. The zero-order valence-corrected chi connectivity index (χ0v) is 17.2. The monoisotopic (exact) mass is 424 g/mol. The lowest BCUT2D eigenvalue weighted by atomic mass is 10.1. The van der Waals surface area contributed by atoms with E-state index in [9.17, 15) is 17.6 Å². The zero-order valence-electron chi connectivity index (χ0n) is 16.4. The minimum Gasteiger partial charge on any atom is -0.348 e. The van der Waals surface area contributed by atoms with Gasteiger partial charge >= 0.3 is 0 Å². The van der Waals surface area contributed by atoms with Crippen molar-refractivity contribution in [3.63, 3.8) is 0 Å². The molecule has 3 aromatic rings. The highest BCUT2D eigenvalue weighted by atomic mass is 32.2. The van der Waals surface area contributed by atoms with Crippen LogP contribution >= 0.6 is 0 Å². The number of sulfonamides is 1.